The molecule has 4 nitrogen and oxygen atoms in total. The Balaban J connectivity index is 2.43. The van der Waals surface area contributed by atoms with Crippen molar-refractivity contribution in [3.05, 3.63) is 0 Å². The molecule has 1 fully saturated rings. The summed E-state index contributed by atoms with van der Waals surface area (Å²) in [5.74, 6) is 0. The van der Waals surface area contributed by atoms with Crippen LogP contribution in [0, 0.1) is 5.41 Å². The molecule has 17 heavy (non-hydrogen) atoms. The quantitative estimate of drug-likeness (QED) is 0.753. The fourth-order valence-corrected chi connectivity index (χ4v) is 2.38. The van der Waals surface area contributed by atoms with Crippen molar-refractivity contribution in [2.45, 2.75) is 58.4 Å². The number of amides is 1. The van der Waals surface area contributed by atoms with Gasteiger partial charge in [-0.1, -0.05) is 19.3 Å². The Hall–Kier alpha value is -1.06. The molecule has 0 aromatic heterocycles. The Morgan fingerprint density at radius 1 is 1.35 bits per heavy atom. The van der Waals surface area contributed by atoms with Gasteiger partial charge in [-0.05, 0) is 26.7 Å². The minimum absolute atomic E-state index is 0.0795. The van der Waals surface area contributed by atoms with Crippen molar-refractivity contribution < 1.29 is 14.3 Å². The summed E-state index contributed by atoms with van der Waals surface area (Å²) in [7, 11) is 0. The molecule has 0 atom stereocenters. The van der Waals surface area contributed by atoms with E-state index in [0.29, 0.717) is 13.0 Å². The van der Waals surface area contributed by atoms with Crippen molar-refractivity contribution >= 4 is 12.4 Å². The second kappa shape index (κ2) is 6.62. The highest BCUT2D eigenvalue weighted by Gasteiger charge is 2.33. The molecule has 1 saturated carbocycles. The van der Waals surface area contributed by atoms with Gasteiger partial charge in [0.25, 0.3) is 0 Å². The third kappa shape index (κ3) is 4.75. The van der Waals surface area contributed by atoms with E-state index < -0.39 is 0 Å². The molecule has 0 aromatic carbocycles. The maximum atomic E-state index is 11.4. The van der Waals surface area contributed by atoms with E-state index in [-0.39, 0.29) is 17.6 Å². The Kier molecular flexibility index (Phi) is 5.45. The molecule has 1 N–H and O–H groups in total. The second-order valence-electron chi connectivity index (χ2n) is 5.31. The summed E-state index contributed by atoms with van der Waals surface area (Å²) < 4.78 is 5.24. The highest BCUT2D eigenvalue weighted by Crippen LogP contribution is 2.38. The average molecular weight is 241 g/mol. The average Bonchev–Trinajstić information content (AvgIpc) is 2.27. The first kappa shape index (κ1) is 14.0. The largest absolute Gasteiger partial charge is 0.449 e. The molecule has 1 aliphatic rings. The van der Waals surface area contributed by atoms with Crippen LogP contribution in [-0.4, -0.2) is 25.0 Å². The molecule has 0 bridgehead atoms. The van der Waals surface area contributed by atoms with Gasteiger partial charge in [-0.25, -0.2) is 4.79 Å². The Bertz CT molecular complexity index is 257. The number of ether oxygens (including phenoxy) is 1. The molecule has 0 heterocycles. The van der Waals surface area contributed by atoms with Gasteiger partial charge in [0.1, 0.15) is 6.29 Å². The Labute approximate surface area is 103 Å². The molecule has 1 rings (SSSR count). The van der Waals surface area contributed by atoms with Gasteiger partial charge < -0.3 is 14.8 Å². The lowest BCUT2D eigenvalue weighted by atomic mass is 9.73. The summed E-state index contributed by atoms with van der Waals surface area (Å²) in [5, 5.41) is 2.69. The zero-order valence-corrected chi connectivity index (χ0v) is 10.8. The number of carbonyl (C=O) groups excluding carboxylic acids is 2. The third-order valence-electron chi connectivity index (χ3n) is 3.35. The van der Waals surface area contributed by atoms with Crippen molar-refractivity contribution in [3.63, 3.8) is 0 Å². The van der Waals surface area contributed by atoms with E-state index in [9.17, 15) is 9.59 Å². The monoisotopic (exact) mass is 241 g/mol. The lowest BCUT2D eigenvalue weighted by Crippen LogP contribution is -2.36. The molecule has 0 unspecified atom stereocenters. The zero-order chi connectivity index (χ0) is 12.7. The van der Waals surface area contributed by atoms with Gasteiger partial charge in [0.2, 0.25) is 0 Å². The van der Waals surface area contributed by atoms with Crippen molar-refractivity contribution in [2.24, 2.45) is 5.41 Å². The molecule has 0 aliphatic heterocycles. The molecule has 0 spiro atoms. The lowest BCUT2D eigenvalue weighted by Gasteiger charge is -2.35. The standard InChI is InChI=1S/C13H23NO3/c1-11(2)14-12(16)17-10-13(8-9-15)6-4-3-5-7-13/h9,11H,3-8,10H2,1-2H3,(H,14,16). The first-order valence-corrected chi connectivity index (χ1v) is 6.45. The highest BCUT2D eigenvalue weighted by molar-refractivity contribution is 5.67. The molecule has 0 radical (unpaired) electrons. The van der Waals surface area contributed by atoms with E-state index in [4.69, 9.17) is 4.74 Å². The number of carbonyl (C=O) groups is 2. The summed E-state index contributed by atoms with van der Waals surface area (Å²) in [6.07, 6.45) is 6.53. The number of alkyl carbamates (subject to hydrolysis) is 1. The number of aldehydes is 1. The van der Waals surface area contributed by atoms with Crippen LogP contribution in [0.1, 0.15) is 52.4 Å². The van der Waals surface area contributed by atoms with E-state index in [0.717, 1.165) is 32.0 Å². The van der Waals surface area contributed by atoms with Crippen LogP contribution in [0.15, 0.2) is 0 Å². The predicted octanol–water partition coefficient (Wildman–Crippen LogP) is 2.66. The van der Waals surface area contributed by atoms with Crippen molar-refractivity contribution in [2.75, 3.05) is 6.61 Å². The van der Waals surface area contributed by atoms with Gasteiger partial charge in [-0.15, -0.1) is 0 Å². The number of hydrogen-bond acceptors (Lipinski definition) is 3. The molecule has 98 valence electrons. The van der Waals surface area contributed by atoms with Crippen LogP contribution >= 0.6 is 0 Å². The number of nitrogens with one attached hydrogen (secondary N) is 1. The van der Waals surface area contributed by atoms with Crippen LogP contribution < -0.4 is 5.32 Å². The van der Waals surface area contributed by atoms with Gasteiger partial charge >= 0.3 is 6.09 Å². The first-order valence-electron chi connectivity index (χ1n) is 6.45. The SMILES string of the molecule is CC(C)NC(=O)OCC1(CC=O)CCCCC1. The van der Waals surface area contributed by atoms with E-state index in [2.05, 4.69) is 5.32 Å². The van der Waals surface area contributed by atoms with Crippen molar-refractivity contribution in [3.8, 4) is 0 Å². The minimum Gasteiger partial charge on any atom is -0.449 e. The fourth-order valence-electron chi connectivity index (χ4n) is 2.38. The molecular formula is C13H23NO3. The molecule has 0 aromatic rings. The highest BCUT2D eigenvalue weighted by atomic mass is 16.5. The Morgan fingerprint density at radius 3 is 2.53 bits per heavy atom. The van der Waals surface area contributed by atoms with Gasteiger partial charge in [-0.3, -0.25) is 0 Å². The summed E-state index contributed by atoms with van der Waals surface area (Å²) in [5.41, 5.74) is -0.103. The summed E-state index contributed by atoms with van der Waals surface area (Å²) in [6, 6.07) is 0.0795. The van der Waals surface area contributed by atoms with Crippen molar-refractivity contribution in [1.29, 1.82) is 0 Å². The normalized spacial score (nSPS) is 18.8. The summed E-state index contributed by atoms with van der Waals surface area (Å²) >= 11 is 0. The molecule has 1 amide bonds. The smallest absolute Gasteiger partial charge is 0.407 e. The van der Waals surface area contributed by atoms with Crippen LogP contribution in [0.2, 0.25) is 0 Å². The summed E-state index contributed by atoms with van der Waals surface area (Å²) in [4.78, 5) is 22.2. The molecule has 1 aliphatic carbocycles. The molecule has 4 heteroatoms. The fraction of sp³-hybridized carbons (Fsp3) is 0.846. The third-order valence-corrected chi connectivity index (χ3v) is 3.35. The number of rotatable bonds is 5. The van der Waals surface area contributed by atoms with Crippen molar-refractivity contribution in [1.82, 2.24) is 5.32 Å². The summed E-state index contributed by atoms with van der Waals surface area (Å²) in [6.45, 7) is 4.15. The molecule has 0 saturated heterocycles. The predicted molar refractivity (Wildman–Crippen MR) is 65.8 cm³/mol. The van der Waals surface area contributed by atoms with Crippen LogP contribution in [0.3, 0.4) is 0 Å². The lowest BCUT2D eigenvalue weighted by molar-refractivity contribution is -0.111. The Morgan fingerprint density at radius 2 is 2.00 bits per heavy atom. The van der Waals surface area contributed by atoms with E-state index in [1.807, 2.05) is 13.8 Å². The number of hydrogen-bond donors (Lipinski definition) is 1. The van der Waals surface area contributed by atoms with Crippen LogP contribution in [0.5, 0.6) is 0 Å². The zero-order valence-electron chi connectivity index (χ0n) is 10.8. The molecular weight excluding hydrogens is 218 g/mol. The van der Waals surface area contributed by atoms with E-state index >= 15 is 0 Å². The maximum Gasteiger partial charge on any atom is 0.407 e. The first-order chi connectivity index (χ1) is 8.08. The minimum atomic E-state index is -0.379. The van der Waals surface area contributed by atoms with E-state index in [1.54, 1.807) is 0 Å². The van der Waals surface area contributed by atoms with Gasteiger partial charge in [-0.2, -0.15) is 0 Å². The topological polar surface area (TPSA) is 55.4 Å². The van der Waals surface area contributed by atoms with Crippen LogP contribution in [0.4, 0.5) is 4.79 Å². The van der Waals surface area contributed by atoms with Gasteiger partial charge in [0.15, 0.2) is 0 Å². The van der Waals surface area contributed by atoms with Crippen LogP contribution in [0.25, 0.3) is 0 Å². The maximum absolute atomic E-state index is 11.4. The van der Waals surface area contributed by atoms with Gasteiger partial charge in [0.05, 0.1) is 6.61 Å². The van der Waals surface area contributed by atoms with Crippen LogP contribution in [-0.2, 0) is 9.53 Å². The second-order valence-corrected chi connectivity index (χ2v) is 5.31. The van der Waals surface area contributed by atoms with Gasteiger partial charge in [0, 0.05) is 17.9 Å². The van der Waals surface area contributed by atoms with E-state index in [1.165, 1.54) is 6.42 Å².